The van der Waals surface area contributed by atoms with E-state index in [0.29, 0.717) is 22.4 Å². The van der Waals surface area contributed by atoms with Gasteiger partial charge < -0.3 is 15.0 Å². The van der Waals surface area contributed by atoms with Crippen LogP contribution in [0.5, 0.6) is 0 Å². The molecule has 0 aliphatic carbocycles. The van der Waals surface area contributed by atoms with Gasteiger partial charge in [0.25, 0.3) is 5.91 Å². The second-order valence-electron chi connectivity index (χ2n) is 5.52. The maximum Gasteiger partial charge on any atom is 0.266 e. The van der Waals surface area contributed by atoms with E-state index in [1.54, 1.807) is 11.7 Å². The van der Waals surface area contributed by atoms with E-state index in [1.807, 2.05) is 36.5 Å². The standard InChI is InChI=1S/C17H17N3O3S2/c1-23-7-6-20-16(22)14(25-17(20)24)8-11-9-19(10-15(18)21)13-5-3-2-4-12(11)13/h2-5,8-9H,6-7,10H2,1H3,(H2,18,21)/b14-8-. The van der Waals surface area contributed by atoms with E-state index in [-0.39, 0.29) is 12.5 Å². The summed E-state index contributed by atoms with van der Waals surface area (Å²) in [7, 11) is 1.58. The summed E-state index contributed by atoms with van der Waals surface area (Å²) in [5.41, 5.74) is 7.07. The molecular formula is C17H17N3O3S2. The number of rotatable bonds is 6. The largest absolute Gasteiger partial charge is 0.383 e. The van der Waals surface area contributed by atoms with Crippen LogP contribution < -0.4 is 5.73 Å². The number of nitrogens with zero attached hydrogens (tertiary/aromatic N) is 2. The first-order valence-electron chi connectivity index (χ1n) is 7.61. The molecule has 0 radical (unpaired) electrons. The molecule has 2 amide bonds. The highest BCUT2D eigenvalue weighted by molar-refractivity contribution is 8.26. The first-order valence-corrected chi connectivity index (χ1v) is 8.84. The zero-order valence-electron chi connectivity index (χ0n) is 13.6. The number of thiocarbonyl (C=S) groups is 1. The summed E-state index contributed by atoms with van der Waals surface area (Å²) >= 11 is 6.56. The number of hydrogen-bond acceptors (Lipinski definition) is 5. The van der Waals surface area contributed by atoms with Gasteiger partial charge in [-0.3, -0.25) is 14.5 Å². The van der Waals surface area contributed by atoms with Crippen LogP contribution in [0, 0.1) is 0 Å². The van der Waals surface area contributed by atoms with Gasteiger partial charge in [-0.2, -0.15) is 0 Å². The summed E-state index contributed by atoms with van der Waals surface area (Å²) < 4.78 is 7.33. The van der Waals surface area contributed by atoms with Crippen molar-refractivity contribution in [1.29, 1.82) is 0 Å². The quantitative estimate of drug-likeness (QED) is 0.617. The van der Waals surface area contributed by atoms with E-state index in [1.165, 1.54) is 16.7 Å². The predicted molar refractivity (Wildman–Crippen MR) is 103 cm³/mol. The SMILES string of the molecule is COCCN1C(=O)/C(=C/c2cn(CC(N)=O)c3ccccc23)SC1=S. The third kappa shape index (κ3) is 3.60. The van der Waals surface area contributed by atoms with Gasteiger partial charge in [0, 0.05) is 29.8 Å². The Morgan fingerprint density at radius 2 is 2.16 bits per heavy atom. The highest BCUT2D eigenvalue weighted by Crippen LogP contribution is 2.34. The predicted octanol–water partition coefficient (Wildman–Crippen LogP) is 1.97. The van der Waals surface area contributed by atoms with Crippen LogP contribution in [0.3, 0.4) is 0 Å². The maximum absolute atomic E-state index is 12.6. The van der Waals surface area contributed by atoms with Gasteiger partial charge in [0.1, 0.15) is 10.9 Å². The molecule has 1 aromatic heterocycles. The van der Waals surface area contributed by atoms with Gasteiger partial charge in [-0.25, -0.2) is 0 Å². The van der Waals surface area contributed by atoms with E-state index in [2.05, 4.69) is 0 Å². The fourth-order valence-corrected chi connectivity index (χ4v) is 4.00. The van der Waals surface area contributed by atoms with Crippen LogP contribution >= 0.6 is 24.0 Å². The van der Waals surface area contributed by atoms with Crippen molar-refractivity contribution in [3.8, 4) is 0 Å². The maximum atomic E-state index is 12.6. The van der Waals surface area contributed by atoms with Gasteiger partial charge in [0.05, 0.1) is 18.1 Å². The molecule has 2 aromatic rings. The van der Waals surface area contributed by atoms with Crippen molar-refractivity contribution in [3.63, 3.8) is 0 Å². The normalized spacial score (nSPS) is 16.4. The molecule has 6 nitrogen and oxygen atoms in total. The Morgan fingerprint density at radius 3 is 2.88 bits per heavy atom. The molecule has 25 heavy (non-hydrogen) atoms. The molecule has 1 saturated heterocycles. The van der Waals surface area contributed by atoms with Crippen LogP contribution in [-0.4, -0.2) is 45.9 Å². The van der Waals surface area contributed by atoms with Crippen molar-refractivity contribution >= 4 is 57.1 Å². The third-order valence-corrected chi connectivity index (χ3v) is 5.20. The monoisotopic (exact) mass is 375 g/mol. The Bertz CT molecular complexity index is 888. The number of methoxy groups -OCH3 is 1. The highest BCUT2D eigenvalue weighted by Gasteiger charge is 2.31. The van der Waals surface area contributed by atoms with Gasteiger partial charge in [-0.15, -0.1) is 0 Å². The zero-order chi connectivity index (χ0) is 18.0. The molecule has 0 saturated carbocycles. The number of benzene rings is 1. The van der Waals surface area contributed by atoms with Gasteiger partial charge in [-0.1, -0.05) is 42.2 Å². The van der Waals surface area contributed by atoms with E-state index >= 15 is 0 Å². The van der Waals surface area contributed by atoms with Crippen molar-refractivity contribution in [1.82, 2.24) is 9.47 Å². The van der Waals surface area contributed by atoms with Crippen LogP contribution in [0.2, 0.25) is 0 Å². The molecule has 0 spiro atoms. The number of nitrogens with two attached hydrogens (primary N) is 1. The fourth-order valence-electron chi connectivity index (χ4n) is 2.71. The smallest absolute Gasteiger partial charge is 0.266 e. The lowest BCUT2D eigenvalue weighted by Crippen LogP contribution is -2.31. The van der Waals surface area contributed by atoms with Crippen LogP contribution in [0.1, 0.15) is 5.56 Å². The van der Waals surface area contributed by atoms with Gasteiger partial charge >= 0.3 is 0 Å². The third-order valence-electron chi connectivity index (χ3n) is 3.82. The molecule has 130 valence electrons. The zero-order valence-corrected chi connectivity index (χ0v) is 15.2. The van der Waals surface area contributed by atoms with Crippen LogP contribution in [-0.2, 0) is 20.9 Å². The lowest BCUT2D eigenvalue weighted by atomic mass is 10.1. The second-order valence-corrected chi connectivity index (χ2v) is 7.20. The molecule has 1 fully saturated rings. The van der Waals surface area contributed by atoms with E-state index in [4.69, 9.17) is 22.7 Å². The number of carbonyl (C=O) groups excluding carboxylic acids is 2. The van der Waals surface area contributed by atoms with Crippen molar-refractivity contribution in [2.24, 2.45) is 5.73 Å². The topological polar surface area (TPSA) is 77.6 Å². The molecule has 8 heteroatoms. The Balaban J connectivity index is 1.97. The fraction of sp³-hybridized carbons (Fsp3) is 0.235. The Hall–Kier alpha value is -2.16. The number of thioether (sulfide) groups is 1. The molecule has 3 rings (SSSR count). The Kier molecular flexibility index (Phi) is 5.22. The first kappa shape index (κ1) is 17.7. The van der Waals surface area contributed by atoms with E-state index < -0.39 is 5.91 Å². The average molecular weight is 375 g/mol. The number of amides is 2. The molecule has 1 aliphatic heterocycles. The van der Waals surface area contributed by atoms with E-state index in [0.717, 1.165) is 16.5 Å². The summed E-state index contributed by atoms with van der Waals surface area (Å²) in [5.74, 6) is -0.544. The van der Waals surface area contributed by atoms with Crippen molar-refractivity contribution < 1.29 is 14.3 Å². The number of fused-ring (bicyclic) bond motifs is 1. The van der Waals surface area contributed by atoms with E-state index in [9.17, 15) is 9.59 Å². The second kappa shape index (κ2) is 7.38. The van der Waals surface area contributed by atoms with Crippen LogP contribution in [0.4, 0.5) is 0 Å². The number of ether oxygens (including phenoxy) is 1. The number of para-hydroxylation sites is 1. The molecule has 2 N–H and O–H groups in total. The number of aromatic nitrogens is 1. The number of primary amides is 1. The molecule has 0 unspecified atom stereocenters. The van der Waals surface area contributed by atoms with Gasteiger partial charge in [0.15, 0.2) is 0 Å². The summed E-state index contributed by atoms with van der Waals surface area (Å²) in [6.45, 7) is 0.947. The number of hydrogen-bond donors (Lipinski definition) is 1. The minimum atomic E-state index is -0.418. The molecule has 0 atom stereocenters. The van der Waals surface area contributed by atoms with Gasteiger partial charge in [-0.05, 0) is 12.1 Å². The van der Waals surface area contributed by atoms with Gasteiger partial charge in [0.2, 0.25) is 5.91 Å². The Labute approximate surface area is 154 Å². The summed E-state index contributed by atoms with van der Waals surface area (Å²) in [4.78, 5) is 26.0. The molecule has 0 bridgehead atoms. The van der Waals surface area contributed by atoms with Crippen LogP contribution in [0.15, 0.2) is 35.4 Å². The molecule has 1 aliphatic rings. The van der Waals surface area contributed by atoms with Crippen molar-refractivity contribution in [3.05, 3.63) is 40.9 Å². The average Bonchev–Trinajstić information content (AvgIpc) is 3.04. The minimum absolute atomic E-state index is 0.0865. The Morgan fingerprint density at radius 1 is 1.40 bits per heavy atom. The highest BCUT2D eigenvalue weighted by atomic mass is 32.2. The minimum Gasteiger partial charge on any atom is -0.383 e. The van der Waals surface area contributed by atoms with Crippen LogP contribution in [0.25, 0.3) is 17.0 Å². The summed E-state index contributed by atoms with van der Waals surface area (Å²) in [6, 6.07) is 7.68. The molecule has 2 heterocycles. The lowest BCUT2D eigenvalue weighted by Gasteiger charge is -2.12. The van der Waals surface area contributed by atoms with Crippen molar-refractivity contribution in [2.45, 2.75) is 6.54 Å². The lowest BCUT2D eigenvalue weighted by molar-refractivity contribution is -0.122. The summed E-state index contributed by atoms with van der Waals surface area (Å²) in [6.07, 6.45) is 3.64. The van der Waals surface area contributed by atoms with Crippen molar-refractivity contribution in [2.75, 3.05) is 20.3 Å². The molecular weight excluding hydrogens is 358 g/mol. The molecule has 1 aromatic carbocycles. The summed E-state index contributed by atoms with van der Waals surface area (Å²) in [5, 5.41) is 0.950. The number of carbonyl (C=O) groups is 2. The first-order chi connectivity index (χ1) is 12.0.